The molecule has 0 aliphatic heterocycles. The fourth-order valence-corrected chi connectivity index (χ4v) is 4.56. The van der Waals surface area contributed by atoms with E-state index in [1.165, 1.54) is 24.8 Å². The smallest absolute Gasteiger partial charge is 0.0915 e. The Morgan fingerprint density at radius 3 is 2.71 bits per heavy atom. The number of aliphatic hydroxyl groups excluding tert-OH is 1. The lowest BCUT2D eigenvalue weighted by molar-refractivity contribution is 0.00587. The number of hydrogen-bond donors (Lipinski definition) is 1. The zero-order valence-electron chi connectivity index (χ0n) is 10.8. The van der Waals surface area contributed by atoms with Gasteiger partial charge < -0.3 is 5.11 Å². The molecular weight excluding hydrogens is 296 g/mol. The van der Waals surface area contributed by atoms with E-state index in [9.17, 15) is 5.11 Å². The Bertz CT molecular complexity index is 377. The van der Waals surface area contributed by atoms with E-state index in [4.69, 9.17) is 0 Å². The first-order chi connectivity index (χ1) is 7.92. The van der Waals surface area contributed by atoms with Crippen molar-refractivity contribution in [3.8, 4) is 0 Å². The van der Waals surface area contributed by atoms with E-state index in [1.807, 2.05) is 0 Å². The van der Waals surface area contributed by atoms with Crippen molar-refractivity contribution in [2.24, 2.45) is 11.3 Å². The molecule has 0 saturated heterocycles. The van der Waals surface area contributed by atoms with Gasteiger partial charge in [-0.1, -0.05) is 26.7 Å². The van der Waals surface area contributed by atoms with Gasteiger partial charge in [0.1, 0.15) is 0 Å². The zero-order valence-corrected chi connectivity index (χ0v) is 13.2. The first kappa shape index (κ1) is 13.6. The number of rotatable bonds is 2. The van der Waals surface area contributed by atoms with Crippen LogP contribution in [0.4, 0.5) is 0 Å². The van der Waals surface area contributed by atoms with Crippen molar-refractivity contribution in [2.75, 3.05) is 0 Å². The highest BCUT2D eigenvalue weighted by atomic mass is 79.9. The summed E-state index contributed by atoms with van der Waals surface area (Å²) in [5, 5.41) is 10.6. The lowest BCUT2D eigenvalue weighted by Gasteiger charge is -2.41. The fraction of sp³-hybridized carbons (Fsp3) is 0.714. The first-order valence-corrected chi connectivity index (χ1v) is 7.96. The van der Waals surface area contributed by atoms with Crippen molar-refractivity contribution in [3.63, 3.8) is 0 Å². The number of hydrogen-bond acceptors (Lipinski definition) is 2. The Balaban J connectivity index is 2.21. The number of aliphatic hydroxyl groups is 1. The summed E-state index contributed by atoms with van der Waals surface area (Å²) in [6.45, 7) is 6.69. The second kappa shape index (κ2) is 5.02. The summed E-state index contributed by atoms with van der Waals surface area (Å²) in [4.78, 5) is 1.12. The van der Waals surface area contributed by atoms with Crippen LogP contribution in [-0.2, 0) is 0 Å². The van der Waals surface area contributed by atoms with Gasteiger partial charge >= 0.3 is 0 Å². The van der Waals surface area contributed by atoms with Crippen LogP contribution in [0, 0.1) is 18.3 Å². The fourth-order valence-electron chi connectivity index (χ4n) is 2.93. The lowest BCUT2D eigenvalue weighted by atomic mass is 9.66. The molecule has 1 aromatic rings. The van der Waals surface area contributed by atoms with E-state index >= 15 is 0 Å². The van der Waals surface area contributed by atoms with Crippen molar-refractivity contribution >= 4 is 27.3 Å². The normalized spacial score (nSPS) is 25.8. The van der Waals surface area contributed by atoms with Gasteiger partial charge in [0.25, 0.3) is 0 Å². The van der Waals surface area contributed by atoms with Gasteiger partial charge in [-0.2, -0.15) is 0 Å². The minimum atomic E-state index is -0.291. The molecule has 0 radical (unpaired) electrons. The Morgan fingerprint density at radius 1 is 1.47 bits per heavy atom. The van der Waals surface area contributed by atoms with Gasteiger partial charge in [0.15, 0.2) is 0 Å². The summed E-state index contributed by atoms with van der Waals surface area (Å²) in [6, 6.07) is 2.13. The minimum Gasteiger partial charge on any atom is -0.387 e. The second-order valence-corrected chi connectivity index (χ2v) is 8.29. The molecule has 0 spiro atoms. The van der Waals surface area contributed by atoms with Crippen LogP contribution in [0.1, 0.15) is 56.1 Å². The van der Waals surface area contributed by atoms with E-state index in [0.29, 0.717) is 5.92 Å². The van der Waals surface area contributed by atoms with Crippen molar-refractivity contribution < 1.29 is 5.11 Å². The van der Waals surface area contributed by atoms with Crippen molar-refractivity contribution in [1.82, 2.24) is 0 Å². The van der Waals surface area contributed by atoms with Gasteiger partial charge in [0, 0.05) is 4.88 Å². The summed E-state index contributed by atoms with van der Waals surface area (Å²) in [7, 11) is 0. The maximum absolute atomic E-state index is 10.6. The van der Waals surface area contributed by atoms with Crippen molar-refractivity contribution in [2.45, 2.75) is 52.6 Å². The minimum absolute atomic E-state index is 0.266. The summed E-state index contributed by atoms with van der Waals surface area (Å²) in [5.74, 6) is 0.404. The number of aryl methyl sites for hydroxylation is 1. The van der Waals surface area contributed by atoms with E-state index in [2.05, 4.69) is 42.8 Å². The van der Waals surface area contributed by atoms with Crippen molar-refractivity contribution in [3.05, 3.63) is 20.3 Å². The third-order valence-electron chi connectivity index (χ3n) is 4.14. The molecule has 1 aromatic heterocycles. The summed E-state index contributed by atoms with van der Waals surface area (Å²) in [5.41, 5.74) is 1.50. The molecule has 1 N–H and O–H groups in total. The molecule has 1 aliphatic carbocycles. The van der Waals surface area contributed by atoms with Crippen LogP contribution in [0.15, 0.2) is 9.85 Å². The Hall–Kier alpha value is 0.140. The number of halogens is 1. The molecule has 0 aromatic carbocycles. The average molecular weight is 317 g/mol. The third-order valence-corrected chi connectivity index (χ3v) is 6.35. The second-order valence-electron chi connectivity index (χ2n) is 5.89. The van der Waals surface area contributed by atoms with Crippen LogP contribution in [0.3, 0.4) is 0 Å². The van der Waals surface area contributed by atoms with Crippen LogP contribution >= 0.6 is 27.3 Å². The highest BCUT2D eigenvalue weighted by Gasteiger charge is 2.38. The van der Waals surface area contributed by atoms with Gasteiger partial charge in [-0.3, -0.25) is 0 Å². The maximum Gasteiger partial charge on any atom is 0.0915 e. The molecule has 2 unspecified atom stereocenters. The molecule has 0 amide bonds. The summed E-state index contributed by atoms with van der Waals surface area (Å²) in [6.07, 6.45) is 4.67. The summed E-state index contributed by atoms with van der Waals surface area (Å²) < 4.78 is 1.15. The predicted molar refractivity (Wildman–Crippen MR) is 77.5 cm³/mol. The van der Waals surface area contributed by atoms with Crippen LogP contribution in [0.5, 0.6) is 0 Å². The van der Waals surface area contributed by atoms with Crippen LogP contribution in [-0.4, -0.2) is 5.11 Å². The lowest BCUT2D eigenvalue weighted by Crippen LogP contribution is -2.32. The molecule has 2 atom stereocenters. The molecule has 1 fully saturated rings. The van der Waals surface area contributed by atoms with Crippen LogP contribution in [0.2, 0.25) is 0 Å². The van der Waals surface area contributed by atoms with Gasteiger partial charge in [-0.25, -0.2) is 0 Å². The largest absolute Gasteiger partial charge is 0.387 e. The summed E-state index contributed by atoms with van der Waals surface area (Å²) >= 11 is 5.23. The van der Waals surface area contributed by atoms with Crippen LogP contribution < -0.4 is 0 Å². The molecule has 1 heterocycles. The predicted octanol–water partition coefficient (Wildman–Crippen LogP) is 5.07. The van der Waals surface area contributed by atoms with Gasteiger partial charge in [-0.05, 0) is 58.7 Å². The average Bonchev–Trinajstić information content (AvgIpc) is 2.58. The van der Waals surface area contributed by atoms with E-state index in [-0.39, 0.29) is 11.5 Å². The monoisotopic (exact) mass is 316 g/mol. The molecule has 1 aliphatic rings. The first-order valence-electron chi connectivity index (χ1n) is 6.36. The number of thiophene rings is 1. The van der Waals surface area contributed by atoms with E-state index < -0.39 is 0 Å². The zero-order chi connectivity index (χ0) is 12.6. The molecule has 3 heteroatoms. The molecule has 96 valence electrons. The Labute approximate surface area is 116 Å². The molecule has 0 bridgehead atoms. The van der Waals surface area contributed by atoms with Gasteiger partial charge in [0.2, 0.25) is 0 Å². The highest BCUT2D eigenvalue weighted by Crippen LogP contribution is 2.48. The van der Waals surface area contributed by atoms with Gasteiger partial charge in [-0.15, -0.1) is 11.3 Å². The molecule has 1 saturated carbocycles. The van der Waals surface area contributed by atoms with Crippen molar-refractivity contribution in [1.29, 1.82) is 0 Å². The Kier molecular flexibility index (Phi) is 4.01. The highest BCUT2D eigenvalue weighted by molar-refractivity contribution is 9.11. The molecule has 2 rings (SSSR count). The standard InChI is InChI=1S/C14H21BrOS/c1-9-8-11(17-13(9)15)12(16)10-6-4-5-7-14(10,2)3/h8,10,12,16H,4-7H2,1-3H3. The van der Waals surface area contributed by atoms with E-state index in [0.717, 1.165) is 15.1 Å². The van der Waals surface area contributed by atoms with Gasteiger partial charge in [0.05, 0.1) is 9.89 Å². The third kappa shape index (κ3) is 2.77. The molecule has 1 nitrogen and oxygen atoms in total. The Morgan fingerprint density at radius 2 is 2.18 bits per heavy atom. The quantitative estimate of drug-likeness (QED) is 0.807. The SMILES string of the molecule is Cc1cc(C(O)C2CCCCC2(C)C)sc1Br. The van der Waals surface area contributed by atoms with E-state index in [1.54, 1.807) is 11.3 Å². The topological polar surface area (TPSA) is 20.2 Å². The van der Waals surface area contributed by atoms with Crippen LogP contribution in [0.25, 0.3) is 0 Å². The molecule has 17 heavy (non-hydrogen) atoms. The maximum atomic E-state index is 10.6. The molecular formula is C14H21BrOS.